The minimum Gasteiger partial charge on any atom is -0.350 e. The fourth-order valence-corrected chi connectivity index (χ4v) is 2.99. The molecule has 26 heavy (non-hydrogen) atoms. The summed E-state index contributed by atoms with van der Waals surface area (Å²) in [6.07, 6.45) is 6.52. The van der Waals surface area contributed by atoms with E-state index in [4.69, 9.17) is 0 Å². The predicted octanol–water partition coefficient (Wildman–Crippen LogP) is 1.47. The average Bonchev–Trinajstić information content (AvgIpc) is 3.09. The van der Waals surface area contributed by atoms with Crippen molar-refractivity contribution in [1.82, 2.24) is 25.2 Å². The number of likely N-dealkylation sites (tertiary alicyclic amines) is 1. The molecule has 0 aliphatic carbocycles. The number of nitrogens with one attached hydrogen (secondary N) is 1. The van der Waals surface area contributed by atoms with Gasteiger partial charge in [0.25, 0.3) is 0 Å². The van der Waals surface area contributed by atoms with Crippen LogP contribution in [0.4, 0.5) is 0 Å². The number of aromatic nitrogens is 3. The standard InChI is InChI=1S/C19H23N5O2/c1-15(25)23-11-9-17(10-12-23)20-19(26)8-7-18-14-24(22-21-18)13-16-5-3-2-4-6-16/h2-8,14,17H,9-13H2,1H3,(H,20,26). The van der Waals surface area contributed by atoms with Gasteiger partial charge >= 0.3 is 0 Å². The molecule has 2 amide bonds. The molecule has 0 radical (unpaired) electrons. The summed E-state index contributed by atoms with van der Waals surface area (Å²) in [6, 6.07) is 10.1. The van der Waals surface area contributed by atoms with Crippen LogP contribution >= 0.6 is 0 Å². The lowest BCUT2D eigenvalue weighted by atomic mass is 10.1. The van der Waals surface area contributed by atoms with E-state index in [0.29, 0.717) is 25.3 Å². The van der Waals surface area contributed by atoms with Crippen molar-refractivity contribution in [3.05, 3.63) is 53.9 Å². The lowest BCUT2D eigenvalue weighted by Crippen LogP contribution is -2.45. The van der Waals surface area contributed by atoms with Crippen LogP contribution in [0.3, 0.4) is 0 Å². The molecule has 1 aliphatic heterocycles. The second kappa shape index (κ2) is 8.42. The molecule has 2 heterocycles. The van der Waals surface area contributed by atoms with E-state index in [-0.39, 0.29) is 17.9 Å². The van der Waals surface area contributed by atoms with Gasteiger partial charge in [-0.15, -0.1) is 5.10 Å². The van der Waals surface area contributed by atoms with E-state index in [1.165, 1.54) is 6.08 Å². The first-order chi connectivity index (χ1) is 12.6. The lowest BCUT2D eigenvalue weighted by molar-refractivity contribution is -0.129. The van der Waals surface area contributed by atoms with Gasteiger partial charge in [-0.2, -0.15) is 0 Å². The predicted molar refractivity (Wildman–Crippen MR) is 98.0 cm³/mol. The number of piperidine rings is 1. The van der Waals surface area contributed by atoms with E-state index in [1.807, 2.05) is 41.4 Å². The van der Waals surface area contributed by atoms with Crippen molar-refractivity contribution in [3.8, 4) is 0 Å². The maximum atomic E-state index is 12.1. The van der Waals surface area contributed by atoms with Crippen molar-refractivity contribution in [2.45, 2.75) is 32.4 Å². The van der Waals surface area contributed by atoms with Crippen molar-refractivity contribution in [2.24, 2.45) is 0 Å². The van der Waals surface area contributed by atoms with Crippen LogP contribution in [0.1, 0.15) is 31.0 Å². The molecule has 1 aliphatic rings. The third-order valence-electron chi connectivity index (χ3n) is 4.44. The first kappa shape index (κ1) is 17.8. The summed E-state index contributed by atoms with van der Waals surface area (Å²) in [5, 5.41) is 11.1. The van der Waals surface area contributed by atoms with Gasteiger partial charge in [0.05, 0.1) is 12.7 Å². The Morgan fingerprint density at radius 2 is 1.96 bits per heavy atom. The summed E-state index contributed by atoms with van der Waals surface area (Å²) >= 11 is 0. The van der Waals surface area contributed by atoms with Gasteiger partial charge in [0.15, 0.2) is 0 Å². The molecular weight excluding hydrogens is 330 g/mol. The minimum atomic E-state index is -0.149. The monoisotopic (exact) mass is 353 g/mol. The van der Waals surface area contributed by atoms with Crippen LogP contribution in [0, 0.1) is 0 Å². The van der Waals surface area contributed by atoms with Crippen molar-refractivity contribution >= 4 is 17.9 Å². The number of hydrogen-bond donors (Lipinski definition) is 1. The first-order valence-electron chi connectivity index (χ1n) is 8.78. The van der Waals surface area contributed by atoms with Crippen molar-refractivity contribution < 1.29 is 9.59 Å². The molecule has 136 valence electrons. The Balaban J connectivity index is 1.47. The molecule has 1 N–H and O–H groups in total. The number of amides is 2. The van der Waals surface area contributed by atoms with E-state index < -0.39 is 0 Å². The van der Waals surface area contributed by atoms with Crippen LogP contribution in [0.25, 0.3) is 6.08 Å². The fourth-order valence-electron chi connectivity index (χ4n) is 2.99. The van der Waals surface area contributed by atoms with Crippen molar-refractivity contribution in [3.63, 3.8) is 0 Å². The van der Waals surface area contributed by atoms with Gasteiger partial charge in [0.2, 0.25) is 11.8 Å². The van der Waals surface area contributed by atoms with Crippen LogP contribution < -0.4 is 5.32 Å². The van der Waals surface area contributed by atoms with Crippen LogP contribution in [-0.2, 0) is 16.1 Å². The highest BCUT2D eigenvalue weighted by Crippen LogP contribution is 2.10. The van der Waals surface area contributed by atoms with Gasteiger partial charge in [0.1, 0.15) is 5.69 Å². The molecule has 1 aromatic heterocycles. The molecule has 0 saturated carbocycles. The van der Waals surface area contributed by atoms with Gasteiger partial charge in [-0.25, -0.2) is 4.68 Å². The molecule has 3 rings (SSSR count). The molecule has 1 fully saturated rings. The molecule has 1 saturated heterocycles. The maximum Gasteiger partial charge on any atom is 0.244 e. The number of carbonyl (C=O) groups is 2. The first-order valence-corrected chi connectivity index (χ1v) is 8.78. The summed E-state index contributed by atoms with van der Waals surface area (Å²) in [7, 11) is 0. The smallest absolute Gasteiger partial charge is 0.244 e. The molecule has 0 bridgehead atoms. The lowest BCUT2D eigenvalue weighted by Gasteiger charge is -2.31. The van der Waals surface area contributed by atoms with Gasteiger partial charge < -0.3 is 10.2 Å². The summed E-state index contributed by atoms with van der Waals surface area (Å²) in [6.45, 7) is 3.60. The Bertz CT molecular complexity index is 776. The molecule has 7 heteroatoms. The minimum absolute atomic E-state index is 0.0910. The molecule has 0 atom stereocenters. The Morgan fingerprint density at radius 3 is 2.65 bits per heavy atom. The maximum absolute atomic E-state index is 12.1. The molecule has 0 spiro atoms. The van der Waals surface area contributed by atoms with Crippen LogP contribution in [0.2, 0.25) is 0 Å². The third-order valence-corrected chi connectivity index (χ3v) is 4.44. The Morgan fingerprint density at radius 1 is 1.23 bits per heavy atom. The van der Waals surface area contributed by atoms with Crippen LogP contribution in [0.5, 0.6) is 0 Å². The molecule has 2 aromatic rings. The molecule has 7 nitrogen and oxygen atoms in total. The normalized spacial score (nSPS) is 15.3. The van der Waals surface area contributed by atoms with E-state index in [2.05, 4.69) is 15.6 Å². The number of hydrogen-bond acceptors (Lipinski definition) is 4. The Labute approximate surface area is 152 Å². The van der Waals surface area contributed by atoms with E-state index in [9.17, 15) is 9.59 Å². The summed E-state index contributed by atoms with van der Waals surface area (Å²) in [5.74, 6) is -0.0582. The largest absolute Gasteiger partial charge is 0.350 e. The third kappa shape index (κ3) is 5.02. The quantitative estimate of drug-likeness (QED) is 0.826. The fraction of sp³-hybridized carbons (Fsp3) is 0.368. The van der Waals surface area contributed by atoms with E-state index >= 15 is 0 Å². The molecular formula is C19H23N5O2. The van der Waals surface area contributed by atoms with Gasteiger partial charge in [0, 0.05) is 32.1 Å². The summed E-state index contributed by atoms with van der Waals surface area (Å²) < 4.78 is 1.74. The highest BCUT2D eigenvalue weighted by atomic mass is 16.2. The molecule has 0 unspecified atom stereocenters. The highest BCUT2D eigenvalue weighted by Gasteiger charge is 2.21. The zero-order chi connectivity index (χ0) is 18.4. The number of carbonyl (C=O) groups excluding carboxylic acids is 2. The second-order valence-corrected chi connectivity index (χ2v) is 6.45. The number of rotatable bonds is 5. The van der Waals surface area contributed by atoms with E-state index in [1.54, 1.807) is 17.7 Å². The second-order valence-electron chi connectivity index (χ2n) is 6.45. The Kier molecular flexibility index (Phi) is 5.78. The number of benzene rings is 1. The van der Waals surface area contributed by atoms with Gasteiger partial charge in [-0.05, 0) is 24.5 Å². The van der Waals surface area contributed by atoms with E-state index in [0.717, 1.165) is 18.4 Å². The average molecular weight is 353 g/mol. The topological polar surface area (TPSA) is 80.1 Å². The summed E-state index contributed by atoms with van der Waals surface area (Å²) in [5.41, 5.74) is 1.78. The van der Waals surface area contributed by atoms with Gasteiger partial charge in [-0.3, -0.25) is 9.59 Å². The highest BCUT2D eigenvalue weighted by molar-refractivity contribution is 5.91. The van der Waals surface area contributed by atoms with Crippen molar-refractivity contribution in [1.29, 1.82) is 0 Å². The van der Waals surface area contributed by atoms with Crippen molar-refractivity contribution in [2.75, 3.05) is 13.1 Å². The van der Waals surface area contributed by atoms with Gasteiger partial charge in [-0.1, -0.05) is 35.5 Å². The van der Waals surface area contributed by atoms with Crippen LogP contribution in [-0.4, -0.2) is 50.8 Å². The SMILES string of the molecule is CC(=O)N1CCC(NC(=O)C=Cc2cn(Cc3ccccc3)nn2)CC1. The zero-order valence-electron chi connectivity index (χ0n) is 14.8. The zero-order valence-corrected chi connectivity index (χ0v) is 14.8. The molecule has 1 aromatic carbocycles. The number of nitrogens with zero attached hydrogens (tertiary/aromatic N) is 4. The van der Waals surface area contributed by atoms with Crippen LogP contribution in [0.15, 0.2) is 42.6 Å². The Hall–Kier alpha value is -2.96. The summed E-state index contributed by atoms with van der Waals surface area (Å²) in [4.78, 5) is 25.2.